The van der Waals surface area contributed by atoms with Gasteiger partial charge in [0, 0.05) is 23.6 Å². The number of hydrogen-bond donors (Lipinski definition) is 1. The summed E-state index contributed by atoms with van der Waals surface area (Å²) in [5.41, 5.74) is 0.696. The molecule has 0 unspecified atom stereocenters. The number of halogens is 1. The smallest absolute Gasteiger partial charge is 0.322 e. The molecular weight excluding hydrogens is 324 g/mol. The Morgan fingerprint density at radius 2 is 2.05 bits per heavy atom. The molecule has 20 heavy (non-hydrogen) atoms. The van der Waals surface area contributed by atoms with E-state index in [1.54, 1.807) is 18.1 Å². The molecule has 6 heteroatoms. The Morgan fingerprint density at radius 1 is 1.40 bits per heavy atom. The number of urea groups is 1. The average Bonchev–Trinajstić information content (AvgIpc) is 2.40. The molecule has 0 spiro atoms. The van der Waals surface area contributed by atoms with Gasteiger partial charge >= 0.3 is 6.03 Å². The molecule has 2 atom stereocenters. The zero-order valence-electron chi connectivity index (χ0n) is 11.9. The summed E-state index contributed by atoms with van der Waals surface area (Å²) < 4.78 is 11.6. The summed E-state index contributed by atoms with van der Waals surface area (Å²) in [5, 5.41) is 2.90. The van der Waals surface area contributed by atoms with Gasteiger partial charge in [0.25, 0.3) is 0 Å². The Kier molecular flexibility index (Phi) is 4.88. The van der Waals surface area contributed by atoms with E-state index in [0.717, 1.165) is 4.47 Å². The van der Waals surface area contributed by atoms with Crippen molar-refractivity contribution >= 4 is 27.6 Å². The Labute approximate surface area is 127 Å². The predicted octanol–water partition coefficient (Wildman–Crippen LogP) is 3.10. The lowest BCUT2D eigenvalue weighted by atomic mass is 10.2. The van der Waals surface area contributed by atoms with E-state index >= 15 is 0 Å². The molecule has 1 N–H and O–H groups in total. The summed E-state index contributed by atoms with van der Waals surface area (Å²) in [6, 6.07) is 5.34. The molecular formula is C14H19BrN2O3. The van der Waals surface area contributed by atoms with E-state index in [2.05, 4.69) is 21.2 Å². The second kappa shape index (κ2) is 6.45. The molecule has 1 heterocycles. The number of hydrogen-bond acceptors (Lipinski definition) is 3. The second-order valence-corrected chi connectivity index (χ2v) is 5.79. The van der Waals surface area contributed by atoms with Crippen LogP contribution in [-0.2, 0) is 4.74 Å². The third-order valence-corrected chi connectivity index (χ3v) is 3.81. The van der Waals surface area contributed by atoms with Gasteiger partial charge in [0.2, 0.25) is 0 Å². The number of anilines is 1. The van der Waals surface area contributed by atoms with Gasteiger partial charge in [0.15, 0.2) is 0 Å². The van der Waals surface area contributed by atoms with E-state index in [0.29, 0.717) is 24.5 Å². The number of rotatable bonds is 2. The van der Waals surface area contributed by atoms with E-state index < -0.39 is 0 Å². The Hall–Kier alpha value is -1.27. The van der Waals surface area contributed by atoms with Crippen LogP contribution in [0.5, 0.6) is 5.75 Å². The van der Waals surface area contributed by atoms with Crippen molar-refractivity contribution in [2.24, 2.45) is 0 Å². The largest absolute Gasteiger partial charge is 0.497 e. The number of benzene rings is 1. The lowest BCUT2D eigenvalue weighted by molar-refractivity contribution is -0.0530. The van der Waals surface area contributed by atoms with Crippen LogP contribution < -0.4 is 10.1 Å². The maximum absolute atomic E-state index is 12.3. The van der Waals surface area contributed by atoms with E-state index in [9.17, 15) is 4.79 Å². The quantitative estimate of drug-likeness (QED) is 0.898. The average molecular weight is 343 g/mol. The monoisotopic (exact) mass is 342 g/mol. The van der Waals surface area contributed by atoms with Gasteiger partial charge in [0.05, 0.1) is 25.0 Å². The van der Waals surface area contributed by atoms with Crippen LogP contribution in [0.25, 0.3) is 0 Å². The van der Waals surface area contributed by atoms with Crippen molar-refractivity contribution in [2.45, 2.75) is 26.1 Å². The summed E-state index contributed by atoms with van der Waals surface area (Å²) >= 11 is 3.42. The van der Waals surface area contributed by atoms with Gasteiger partial charge < -0.3 is 19.7 Å². The molecule has 0 aliphatic carbocycles. The fourth-order valence-corrected chi connectivity index (χ4v) is 2.61. The van der Waals surface area contributed by atoms with Crippen molar-refractivity contribution in [1.29, 1.82) is 0 Å². The molecule has 2 rings (SSSR count). The van der Waals surface area contributed by atoms with Crippen LogP contribution in [0, 0.1) is 0 Å². The van der Waals surface area contributed by atoms with Crippen LogP contribution in [0.4, 0.5) is 10.5 Å². The predicted molar refractivity (Wildman–Crippen MR) is 81.3 cm³/mol. The fraction of sp³-hybridized carbons (Fsp3) is 0.500. The molecule has 0 bridgehead atoms. The molecule has 1 aliphatic rings. The molecule has 5 nitrogen and oxygen atoms in total. The van der Waals surface area contributed by atoms with Crippen molar-refractivity contribution in [2.75, 3.05) is 25.5 Å². The minimum Gasteiger partial charge on any atom is -0.497 e. The van der Waals surface area contributed by atoms with Crippen molar-refractivity contribution in [3.05, 3.63) is 22.7 Å². The van der Waals surface area contributed by atoms with E-state index in [1.165, 1.54) is 0 Å². The van der Waals surface area contributed by atoms with Crippen LogP contribution >= 0.6 is 15.9 Å². The van der Waals surface area contributed by atoms with Crippen LogP contribution in [-0.4, -0.2) is 43.3 Å². The number of morpholine rings is 1. The highest BCUT2D eigenvalue weighted by molar-refractivity contribution is 9.10. The first-order chi connectivity index (χ1) is 9.49. The van der Waals surface area contributed by atoms with Gasteiger partial charge in [-0.1, -0.05) is 0 Å². The Balaban J connectivity index is 2.07. The van der Waals surface area contributed by atoms with Gasteiger partial charge in [0.1, 0.15) is 5.75 Å². The first kappa shape index (κ1) is 15.1. The van der Waals surface area contributed by atoms with Gasteiger partial charge in [-0.2, -0.15) is 0 Å². The highest BCUT2D eigenvalue weighted by atomic mass is 79.9. The third-order valence-electron chi connectivity index (χ3n) is 3.12. The topological polar surface area (TPSA) is 50.8 Å². The van der Waals surface area contributed by atoms with Crippen molar-refractivity contribution in [3.63, 3.8) is 0 Å². The summed E-state index contributed by atoms with van der Waals surface area (Å²) in [6.45, 7) is 5.13. The Morgan fingerprint density at radius 3 is 2.65 bits per heavy atom. The summed E-state index contributed by atoms with van der Waals surface area (Å²) in [6.07, 6.45) is 0.108. The molecule has 1 fully saturated rings. The van der Waals surface area contributed by atoms with E-state index in [1.807, 2.05) is 26.0 Å². The Bertz CT molecular complexity index is 485. The zero-order chi connectivity index (χ0) is 14.7. The van der Waals surface area contributed by atoms with Crippen molar-refractivity contribution in [1.82, 2.24) is 4.90 Å². The third kappa shape index (κ3) is 3.64. The summed E-state index contributed by atoms with van der Waals surface area (Å²) in [7, 11) is 1.60. The van der Waals surface area contributed by atoms with Crippen LogP contribution in [0.3, 0.4) is 0 Å². The molecule has 1 aromatic carbocycles. The molecule has 0 saturated carbocycles. The molecule has 1 aromatic rings. The summed E-state index contributed by atoms with van der Waals surface area (Å²) in [4.78, 5) is 14.1. The maximum atomic E-state index is 12.3. The van der Waals surface area contributed by atoms with Crippen LogP contribution in [0.15, 0.2) is 22.7 Å². The van der Waals surface area contributed by atoms with Gasteiger partial charge in [-0.25, -0.2) is 4.79 Å². The molecule has 1 saturated heterocycles. The number of nitrogens with zero attached hydrogens (tertiary/aromatic N) is 1. The lowest BCUT2D eigenvalue weighted by Gasteiger charge is -2.35. The minimum atomic E-state index is -0.124. The van der Waals surface area contributed by atoms with Crippen molar-refractivity contribution in [3.8, 4) is 5.75 Å². The van der Waals surface area contributed by atoms with Gasteiger partial charge in [-0.3, -0.25) is 0 Å². The number of amides is 2. The van der Waals surface area contributed by atoms with Crippen LogP contribution in [0.1, 0.15) is 13.8 Å². The standard InChI is InChI=1S/C14H19BrN2O3/c1-9-7-17(8-10(2)20-9)14(18)16-13-6-11(19-3)4-5-12(13)15/h4-6,9-10H,7-8H2,1-3H3,(H,16,18)/t9-,10-/m1/s1. The zero-order valence-corrected chi connectivity index (χ0v) is 13.4. The molecule has 110 valence electrons. The summed E-state index contributed by atoms with van der Waals surface area (Å²) in [5.74, 6) is 0.701. The van der Waals surface area contributed by atoms with Gasteiger partial charge in [-0.15, -0.1) is 0 Å². The first-order valence-electron chi connectivity index (χ1n) is 6.54. The normalized spacial score (nSPS) is 22.5. The molecule has 1 aliphatic heterocycles. The van der Waals surface area contributed by atoms with E-state index in [-0.39, 0.29) is 18.2 Å². The number of carbonyl (C=O) groups excluding carboxylic acids is 1. The van der Waals surface area contributed by atoms with Gasteiger partial charge in [-0.05, 0) is 41.9 Å². The molecule has 2 amide bonds. The highest BCUT2D eigenvalue weighted by Gasteiger charge is 2.26. The van der Waals surface area contributed by atoms with E-state index in [4.69, 9.17) is 9.47 Å². The SMILES string of the molecule is COc1ccc(Br)c(NC(=O)N2C[C@@H](C)O[C@H](C)C2)c1. The maximum Gasteiger partial charge on any atom is 0.322 e. The lowest BCUT2D eigenvalue weighted by Crippen LogP contribution is -2.49. The van der Waals surface area contributed by atoms with Crippen LogP contribution in [0.2, 0.25) is 0 Å². The second-order valence-electron chi connectivity index (χ2n) is 4.94. The minimum absolute atomic E-state index is 0.0539. The fourth-order valence-electron chi connectivity index (χ4n) is 2.27. The first-order valence-corrected chi connectivity index (χ1v) is 7.34. The number of nitrogens with one attached hydrogen (secondary N) is 1. The number of carbonyl (C=O) groups is 1. The number of methoxy groups -OCH3 is 1. The van der Waals surface area contributed by atoms with Crippen molar-refractivity contribution < 1.29 is 14.3 Å². The number of ether oxygens (including phenoxy) is 2. The highest BCUT2D eigenvalue weighted by Crippen LogP contribution is 2.27. The molecule has 0 radical (unpaired) electrons. The molecule has 0 aromatic heterocycles.